The Kier molecular flexibility index (Phi) is 3.78. The van der Waals surface area contributed by atoms with Crippen LogP contribution in [0.25, 0.3) is 0 Å². The zero-order valence-electron chi connectivity index (χ0n) is 7.19. The summed E-state index contributed by atoms with van der Waals surface area (Å²) in [5.41, 5.74) is -0.258. The molecule has 0 aromatic carbocycles. The highest BCUT2D eigenvalue weighted by Gasteiger charge is 2.27. The van der Waals surface area contributed by atoms with E-state index in [1.807, 2.05) is 0 Å². The van der Waals surface area contributed by atoms with Crippen LogP contribution in [0.2, 0.25) is 0 Å². The molecular weight excluding hydrogens is 142 g/mol. The summed E-state index contributed by atoms with van der Waals surface area (Å²) in [6.45, 7) is 3.69. The Labute approximate surface area is 67.1 Å². The molecule has 0 amide bonds. The number of aldehydes is 1. The fourth-order valence-corrected chi connectivity index (χ4v) is 0.813. The number of rotatable bonds is 5. The van der Waals surface area contributed by atoms with E-state index in [9.17, 15) is 4.79 Å². The van der Waals surface area contributed by atoms with Gasteiger partial charge in [0.25, 0.3) is 0 Å². The summed E-state index contributed by atoms with van der Waals surface area (Å²) in [6.07, 6.45) is 0.770. The highest BCUT2D eigenvalue weighted by Crippen LogP contribution is 2.02. The lowest BCUT2D eigenvalue weighted by Gasteiger charge is -2.28. The van der Waals surface area contributed by atoms with E-state index >= 15 is 0 Å². The van der Waals surface area contributed by atoms with Gasteiger partial charge in [-0.15, -0.1) is 0 Å². The van der Waals surface area contributed by atoms with Gasteiger partial charge >= 0.3 is 0 Å². The van der Waals surface area contributed by atoms with Gasteiger partial charge < -0.3 is 5.32 Å². The third-order valence-electron chi connectivity index (χ3n) is 1.74. The first-order chi connectivity index (χ1) is 5.16. The van der Waals surface area contributed by atoms with Crippen LogP contribution in [-0.4, -0.2) is 33.1 Å². The number of carbonyl (C=O) groups is 1. The fourth-order valence-electron chi connectivity index (χ4n) is 0.813. The third-order valence-corrected chi connectivity index (χ3v) is 1.74. The van der Waals surface area contributed by atoms with E-state index in [0.29, 0.717) is 5.70 Å². The molecule has 0 aromatic heterocycles. The predicted molar refractivity (Wildman–Crippen MR) is 45.1 cm³/mol. The van der Waals surface area contributed by atoms with Crippen LogP contribution in [0.4, 0.5) is 0 Å². The number of carbonyl (C=O) groups excluding carboxylic acids is 1. The summed E-state index contributed by atoms with van der Waals surface area (Å²) >= 11 is 0. The van der Waals surface area contributed by atoms with Crippen LogP contribution in [0.5, 0.6) is 0 Å². The lowest BCUT2D eigenvalue weighted by molar-refractivity contribution is -0.113. The van der Waals surface area contributed by atoms with E-state index in [1.54, 1.807) is 21.1 Å². The summed E-state index contributed by atoms with van der Waals surface area (Å²) in [5, 5.41) is 8.46. The first kappa shape index (κ1) is 10.1. The molecular formula is C7H15N3O. The first-order valence-corrected chi connectivity index (χ1v) is 3.38. The monoisotopic (exact) mass is 157 g/mol. The Morgan fingerprint density at radius 2 is 1.82 bits per heavy atom. The highest BCUT2D eigenvalue weighted by molar-refractivity contribution is 5.68. The lowest BCUT2D eigenvalue weighted by atomic mass is 10.1. The molecule has 0 saturated heterocycles. The molecule has 0 spiro atoms. The maximum atomic E-state index is 10.7. The molecule has 0 atom stereocenters. The van der Waals surface area contributed by atoms with Crippen molar-refractivity contribution in [3.05, 3.63) is 12.3 Å². The maximum Gasteiger partial charge on any atom is 0.166 e. The second kappa shape index (κ2) is 4.10. The summed E-state index contributed by atoms with van der Waals surface area (Å²) in [7, 11) is 5.09. The van der Waals surface area contributed by atoms with Crippen molar-refractivity contribution in [3.8, 4) is 0 Å². The summed E-state index contributed by atoms with van der Waals surface area (Å²) in [4.78, 5) is 10.7. The van der Waals surface area contributed by atoms with E-state index in [0.717, 1.165) is 6.29 Å². The molecule has 4 nitrogen and oxygen atoms in total. The molecule has 0 rings (SSSR count). The number of hydrogen-bond donors (Lipinski definition) is 3. The Morgan fingerprint density at radius 1 is 1.36 bits per heavy atom. The van der Waals surface area contributed by atoms with Crippen molar-refractivity contribution in [1.29, 1.82) is 0 Å². The van der Waals surface area contributed by atoms with Crippen LogP contribution in [0.15, 0.2) is 12.3 Å². The van der Waals surface area contributed by atoms with E-state index in [-0.39, 0.29) is 0 Å². The summed E-state index contributed by atoms with van der Waals surface area (Å²) in [6, 6.07) is 0. The molecule has 0 heterocycles. The van der Waals surface area contributed by atoms with Crippen LogP contribution >= 0.6 is 0 Å². The molecule has 0 radical (unpaired) electrons. The molecule has 3 N–H and O–H groups in total. The molecule has 0 aliphatic heterocycles. The largest absolute Gasteiger partial charge is 0.389 e. The second-order valence-electron chi connectivity index (χ2n) is 2.15. The van der Waals surface area contributed by atoms with Crippen molar-refractivity contribution in [2.75, 3.05) is 21.1 Å². The Morgan fingerprint density at radius 3 is 1.91 bits per heavy atom. The van der Waals surface area contributed by atoms with Gasteiger partial charge in [-0.2, -0.15) is 0 Å². The number of nitrogens with one attached hydrogen (secondary N) is 3. The minimum Gasteiger partial charge on any atom is -0.389 e. The molecule has 0 aliphatic rings. The van der Waals surface area contributed by atoms with Crippen LogP contribution in [0.3, 0.4) is 0 Å². The summed E-state index contributed by atoms with van der Waals surface area (Å²) in [5.74, 6) is 0. The van der Waals surface area contributed by atoms with Gasteiger partial charge in [-0.3, -0.25) is 15.4 Å². The van der Waals surface area contributed by atoms with Crippen molar-refractivity contribution in [3.63, 3.8) is 0 Å². The van der Waals surface area contributed by atoms with Crippen molar-refractivity contribution >= 4 is 6.29 Å². The molecule has 0 saturated carbocycles. The first-order valence-electron chi connectivity index (χ1n) is 3.38. The van der Waals surface area contributed by atoms with E-state index in [1.165, 1.54) is 0 Å². The molecule has 0 aromatic rings. The maximum absolute atomic E-state index is 10.7. The fraction of sp³-hybridized carbons (Fsp3) is 0.571. The van der Waals surface area contributed by atoms with Crippen molar-refractivity contribution in [2.24, 2.45) is 0 Å². The minimum atomic E-state index is -0.852. The molecule has 0 aliphatic carbocycles. The van der Waals surface area contributed by atoms with Gasteiger partial charge in [-0.25, -0.2) is 0 Å². The quantitative estimate of drug-likeness (QED) is 0.356. The number of likely N-dealkylation sites (N-methyl/N-ethyl adjacent to an activating group) is 3. The minimum absolute atomic E-state index is 0.595. The van der Waals surface area contributed by atoms with Gasteiger partial charge in [-0.05, 0) is 14.1 Å². The Hall–Kier alpha value is -0.870. The standard InChI is InChI=1S/C7H15N3O/c1-6(8-2)7(5-11,9-3)10-4/h5,8-10H,1H2,2-4H3. The van der Waals surface area contributed by atoms with Crippen LogP contribution in [-0.2, 0) is 4.79 Å². The average molecular weight is 157 g/mol. The van der Waals surface area contributed by atoms with Gasteiger partial charge in [0.1, 0.15) is 0 Å². The highest BCUT2D eigenvalue weighted by atomic mass is 16.1. The van der Waals surface area contributed by atoms with Gasteiger partial charge in [-0.1, -0.05) is 6.58 Å². The molecule has 0 bridgehead atoms. The molecule has 0 fully saturated rings. The summed E-state index contributed by atoms with van der Waals surface area (Å²) < 4.78 is 0. The van der Waals surface area contributed by atoms with Crippen molar-refractivity contribution < 1.29 is 4.79 Å². The van der Waals surface area contributed by atoms with E-state index < -0.39 is 5.66 Å². The number of hydrogen-bond acceptors (Lipinski definition) is 4. The van der Waals surface area contributed by atoms with Gasteiger partial charge in [0.15, 0.2) is 11.9 Å². The third kappa shape index (κ3) is 1.78. The Bertz CT molecular complexity index is 152. The van der Waals surface area contributed by atoms with Crippen LogP contribution < -0.4 is 16.0 Å². The van der Waals surface area contributed by atoms with E-state index in [2.05, 4.69) is 22.5 Å². The average Bonchev–Trinajstić information content (AvgIpc) is 2.08. The molecule has 0 unspecified atom stereocenters. The van der Waals surface area contributed by atoms with E-state index in [4.69, 9.17) is 0 Å². The van der Waals surface area contributed by atoms with Crippen LogP contribution in [0, 0.1) is 0 Å². The van der Waals surface area contributed by atoms with Gasteiger partial charge in [0, 0.05) is 12.7 Å². The Balaban J connectivity index is 4.53. The van der Waals surface area contributed by atoms with Crippen molar-refractivity contribution in [2.45, 2.75) is 5.66 Å². The van der Waals surface area contributed by atoms with Crippen molar-refractivity contribution in [1.82, 2.24) is 16.0 Å². The normalized spacial score (nSPS) is 10.8. The van der Waals surface area contributed by atoms with Crippen LogP contribution in [0.1, 0.15) is 0 Å². The molecule has 11 heavy (non-hydrogen) atoms. The smallest absolute Gasteiger partial charge is 0.166 e. The van der Waals surface area contributed by atoms with Gasteiger partial charge in [0.2, 0.25) is 0 Å². The SMILES string of the molecule is C=C(NC)C(C=O)(NC)NC. The van der Waals surface area contributed by atoms with Gasteiger partial charge in [0.05, 0.1) is 0 Å². The topological polar surface area (TPSA) is 53.2 Å². The molecule has 4 heteroatoms. The predicted octanol–water partition coefficient (Wildman–Crippen LogP) is -0.946. The lowest BCUT2D eigenvalue weighted by Crippen LogP contribution is -2.59. The zero-order valence-corrected chi connectivity index (χ0v) is 7.19. The molecule has 64 valence electrons. The zero-order chi connectivity index (χ0) is 8.91. The second-order valence-corrected chi connectivity index (χ2v) is 2.15.